The SMILES string of the molecule is CCCCCCCCCCCCCCCCCCCCCC(=O)OC[C@H](COP(=O)(O)OC[C@@H](O)COP(=O)(O)OC[C@@H](COC(=O)CCCCCCC)OC(=O)CCCCCCCCCCCCCCCC(C)C)OC(=O)CCCCCCCCCCCCCCCCCCCCC. The van der Waals surface area contributed by atoms with Crippen LogP contribution in [0.25, 0.3) is 0 Å². The minimum Gasteiger partial charge on any atom is -0.462 e. The first-order chi connectivity index (χ1) is 48.0. The van der Waals surface area contributed by atoms with Crippen molar-refractivity contribution in [3.05, 3.63) is 0 Å². The van der Waals surface area contributed by atoms with Gasteiger partial charge in [-0.3, -0.25) is 37.3 Å². The van der Waals surface area contributed by atoms with Crippen LogP contribution in [0, 0.1) is 5.92 Å². The molecule has 0 fully saturated rings. The van der Waals surface area contributed by atoms with Crippen molar-refractivity contribution in [1.82, 2.24) is 0 Å². The molecule has 3 N–H and O–H groups in total. The lowest BCUT2D eigenvalue weighted by molar-refractivity contribution is -0.161. The molecule has 5 atom stereocenters. The topological polar surface area (TPSA) is 237 Å². The van der Waals surface area contributed by atoms with Crippen LogP contribution in [0.5, 0.6) is 0 Å². The molecule has 0 saturated heterocycles. The van der Waals surface area contributed by atoms with Crippen LogP contribution < -0.4 is 0 Å². The van der Waals surface area contributed by atoms with E-state index in [1.807, 2.05) is 0 Å². The highest BCUT2D eigenvalue weighted by Gasteiger charge is 2.30. The molecule has 17 nitrogen and oxygen atoms in total. The zero-order valence-electron chi connectivity index (χ0n) is 64.6. The van der Waals surface area contributed by atoms with E-state index < -0.39 is 97.5 Å². The van der Waals surface area contributed by atoms with Gasteiger partial charge in [-0.25, -0.2) is 9.13 Å². The van der Waals surface area contributed by atoms with Gasteiger partial charge in [0.1, 0.15) is 19.3 Å². The lowest BCUT2D eigenvalue weighted by Crippen LogP contribution is -2.30. The molecule has 0 rings (SSSR count). The summed E-state index contributed by atoms with van der Waals surface area (Å²) in [6, 6.07) is 0. The van der Waals surface area contributed by atoms with Gasteiger partial charge in [0.25, 0.3) is 0 Å². The second-order valence-electron chi connectivity index (χ2n) is 29.3. The highest BCUT2D eigenvalue weighted by atomic mass is 31.2. The van der Waals surface area contributed by atoms with Gasteiger partial charge in [0, 0.05) is 25.7 Å². The molecule has 0 bridgehead atoms. The Kier molecular flexibility index (Phi) is 71.6. The Balaban J connectivity index is 5.12. The minimum atomic E-state index is -4.96. The first-order valence-electron chi connectivity index (χ1n) is 41.6. The molecule has 19 heteroatoms. The number of unbranched alkanes of at least 4 members (excludes halogenated alkanes) is 52. The summed E-state index contributed by atoms with van der Waals surface area (Å²) >= 11 is 0. The Morgan fingerprint density at radius 3 is 0.687 bits per heavy atom. The number of carbonyl (C=O) groups is 4. The molecule has 2 unspecified atom stereocenters. The molecule has 0 saturated carbocycles. The molecular formula is C80H156O17P2. The predicted octanol–water partition coefficient (Wildman–Crippen LogP) is 24.0. The third-order valence-electron chi connectivity index (χ3n) is 18.8. The average Bonchev–Trinajstić information content (AvgIpc) is 1.18. The van der Waals surface area contributed by atoms with Crippen molar-refractivity contribution in [3.8, 4) is 0 Å². The van der Waals surface area contributed by atoms with Gasteiger partial charge in [0.15, 0.2) is 12.2 Å². The number of phosphoric ester groups is 2. The molecule has 0 aromatic heterocycles. The van der Waals surface area contributed by atoms with Crippen molar-refractivity contribution in [3.63, 3.8) is 0 Å². The highest BCUT2D eigenvalue weighted by Crippen LogP contribution is 2.45. The molecule has 588 valence electrons. The van der Waals surface area contributed by atoms with Gasteiger partial charge in [-0.15, -0.1) is 0 Å². The smallest absolute Gasteiger partial charge is 0.462 e. The molecule has 0 spiro atoms. The number of aliphatic hydroxyl groups is 1. The van der Waals surface area contributed by atoms with Crippen LogP contribution in [-0.4, -0.2) is 96.7 Å². The summed E-state index contributed by atoms with van der Waals surface area (Å²) in [5, 5.41) is 10.6. The van der Waals surface area contributed by atoms with Gasteiger partial charge in [-0.1, -0.05) is 375 Å². The van der Waals surface area contributed by atoms with Gasteiger partial charge >= 0.3 is 39.5 Å². The maximum absolute atomic E-state index is 13.1. The summed E-state index contributed by atoms with van der Waals surface area (Å²) in [4.78, 5) is 72.7. The van der Waals surface area contributed by atoms with Crippen molar-refractivity contribution in [2.24, 2.45) is 5.92 Å². The molecule has 0 aliphatic rings. The van der Waals surface area contributed by atoms with Gasteiger partial charge in [-0.05, 0) is 31.6 Å². The Labute approximate surface area is 607 Å². The number of aliphatic hydroxyl groups excluding tert-OH is 1. The molecule has 0 aromatic rings. The molecule has 0 radical (unpaired) electrons. The monoisotopic (exact) mass is 1450 g/mol. The molecule has 0 aliphatic heterocycles. The van der Waals surface area contributed by atoms with Crippen molar-refractivity contribution < 1.29 is 80.2 Å². The Bertz CT molecular complexity index is 1890. The highest BCUT2D eigenvalue weighted by molar-refractivity contribution is 7.47. The zero-order valence-corrected chi connectivity index (χ0v) is 66.4. The lowest BCUT2D eigenvalue weighted by atomic mass is 10.0. The number of carbonyl (C=O) groups excluding carboxylic acids is 4. The van der Waals surface area contributed by atoms with E-state index in [0.717, 1.165) is 102 Å². The Morgan fingerprint density at radius 1 is 0.273 bits per heavy atom. The fourth-order valence-electron chi connectivity index (χ4n) is 12.4. The second kappa shape index (κ2) is 73.0. The minimum absolute atomic E-state index is 0.107. The fraction of sp³-hybridized carbons (Fsp3) is 0.950. The summed E-state index contributed by atoms with van der Waals surface area (Å²) in [7, 11) is -9.91. The van der Waals surface area contributed by atoms with Crippen LogP contribution >= 0.6 is 15.6 Å². The molecule has 0 aromatic carbocycles. The number of hydrogen-bond donors (Lipinski definition) is 3. The van der Waals surface area contributed by atoms with E-state index in [1.165, 1.54) is 244 Å². The van der Waals surface area contributed by atoms with Crippen molar-refractivity contribution >= 4 is 39.5 Å². The zero-order chi connectivity index (χ0) is 72.7. The van der Waals surface area contributed by atoms with Gasteiger partial charge in [0.05, 0.1) is 26.4 Å². The van der Waals surface area contributed by atoms with Crippen LogP contribution in [-0.2, 0) is 65.4 Å². The quantitative estimate of drug-likeness (QED) is 0.0222. The summed E-state index contributed by atoms with van der Waals surface area (Å²) in [5.41, 5.74) is 0. The first-order valence-corrected chi connectivity index (χ1v) is 44.6. The van der Waals surface area contributed by atoms with Crippen LogP contribution in [0.4, 0.5) is 0 Å². The number of ether oxygens (including phenoxy) is 4. The third-order valence-corrected chi connectivity index (χ3v) is 20.7. The summed E-state index contributed by atoms with van der Waals surface area (Å²) in [6.45, 7) is 7.25. The molecule has 99 heavy (non-hydrogen) atoms. The summed E-state index contributed by atoms with van der Waals surface area (Å²) < 4.78 is 68.5. The van der Waals surface area contributed by atoms with Crippen molar-refractivity contribution in [1.29, 1.82) is 0 Å². The number of phosphoric acid groups is 2. The molecule has 0 amide bonds. The van der Waals surface area contributed by atoms with E-state index in [0.29, 0.717) is 25.7 Å². The largest absolute Gasteiger partial charge is 0.472 e. The second-order valence-corrected chi connectivity index (χ2v) is 32.2. The maximum Gasteiger partial charge on any atom is 0.472 e. The molecule has 0 heterocycles. The van der Waals surface area contributed by atoms with Crippen LogP contribution in [0.15, 0.2) is 0 Å². The number of esters is 4. The Morgan fingerprint density at radius 2 is 0.465 bits per heavy atom. The van der Waals surface area contributed by atoms with E-state index in [2.05, 4.69) is 34.6 Å². The third kappa shape index (κ3) is 74.1. The van der Waals surface area contributed by atoms with Crippen LogP contribution in [0.3, 0.4) is 0 Å². The summed E-state index contributed by atoms with van der Waals surface area (Å²) in [6.07, 6.45) is 64.3. The normalized spacial score (nSPS) is 13.9. The van der Waals surface area contributed by atoms with E-state index in [1.54, 1.807) is 0 Å². The Hall–Kier alpha value is -1.94. The van der Waals surface area contributed by atoms with E-state index in [-0.39, 0.29) is 25.7 Å². The van der Waals surface area contributed by atoms with E-state index >= 15 is 0 Å². The standard InChI is InChI=1S/C80H156O17P2/c1-6-9-12-15-17-19-21-23-25-27-29-31-33-37-41-45-49-54-59-64-78(83)91-70-76(97-80(85)66-60-55-50-46-42-38-34-32-30-28-26-24-22-20-18-16-13-10-7-2)72-95-99(88,89)93-68-74(81)67-92-98(86,87)94-71-75(69-90-77(82)63-58-52-14-11-8-3)96-79(84)65-61-56-51-47-43-39-35-36-40-44-48-53-57-62-73(4)5/h73-76,81H,6-72H2,1-5H3,(H,86,87)(H,88,89)/t74-,75+,76+/m0/s1. The molecular weight excluding hydrogens is 1290 g/mol. The van der Waals surface area contributed by atoms with Crippen molar-refractivity contribution in [2.75, 3.05) is 39.6 Å². The first kappa shape index (κ1) is 97.1. The fourth-order valence-corrected chi connectivity index (χ4v) is 14.0. The predicted molar refractivity (Wildman–Crippen MR) is 405 cm³/mol. The van der Waals surface area contributed by atoms with E-state index in [4.69, 9.17) is 37.0 Å². The van der Waals surface area contributed by atoms with Gasteiger partial charge in [-0.2, -0.15) is 0 Å². The molecule has 0 aliphatic carbocycles. The van der Waals surface area contributed by atoms with E-state index in [9.17, 15) is 43.2 Å². The number of hydrogen-bond acceptors (Lipinski definition) is 15. The summed E-state index contributed by atoms with van der Waals surface area (Å²) in [5.74, 6) is -1.33. The van der Waals surface area contributed by atoms with Crippen molar-refractivity contribution in [2.45, 2.75) is 445 Å². The van der Waals surface area contributed by atoms with Gasteiger partial charge < -0.3 is 33.8 Å². The maximum atomic E-state index is 13.1. The van der Waals surface area contributed by atoms with Gasteiger partial charge in [0.2, 0.25) is 0 Å². The lowest BCUT2D eigenvalue weighted by Gasteiger charge is -2.21. The number of rotatable bonds is 80. The van der Waals surface area contributed by atoms with Crippen LogP contribution in [0.1, 0.15) is 426 Å². The average molecular weight is 1450 g/mol. The van der Waals surface area contributed by atoms with Crippen LogP contribution in [0.2, 0.25) is 0 Å².